The fourth-order valence-electron chi connectivity index (χ4n) is 1.34. The van der Waals surface area contributed by atoms with E-state index in [4.69, 9.17) is 0 Å². The lowest BCUT2D eigenvalue weighted by Crippen LogP contribution is -2.33. The van der Waals surface area contributed by atoms with E-state index < -0.39 is 0 Å². The fourth-order valence-corrected chi connectivity index (χ4v) is 1.63. The minimum atomic E-state index is 0.764. The molecule has 1 aliphatic heterocycles. The summed E-state index contributed by atoms with van der Waals surface area (Å²) < 4.78 is 2.11. The molecule has 0 aliphatic carbocycles. The molecule has 1 saturated heterocycles. The van der Waals surface area contributed by atoms with E-state index in [-0.39, 0.29) is 0 Å². The standard InChI is InChI=1S/C8H14IN/c9-6-3-5-8-4-1-2-7-10-8/h3,6,8,10H,1-2,4-5,7H2/b6-3-. The van der Waals surface area contributed by atoms with Crippen LogP contribution >= 0.6 is 22.6 Å². The fraction of sp³-hybridized carbons (Fsp3) is 0.750. The predicted molar refractivity (Wildman–Crippen MR) is 53.4 cm³/mol. The van der Waals surface area contributed by atoms with Crippen molar-refractivity contribution < 1.29 is 0 Å². The van der Waals surface area contributed by atoms with Crippen molar-refractivity contribution in [1.82, 2.24) is 5.32 Å². The van der Waals surface area contributed by atoms with Gasteiger partial charge < -0.3 is 5.32 Å². The van der Waals surface area contributed by atoms with Crippen LogP contribution in [0.15, 0.2) is 10.2 Å². The molecule has 0 bridgehead atoms. The van der Waals surface area contributed by atoms with Crippen LogP contribution < -0.4 is 5.32 Å². The van der Waals surface area contributed by atoms with Gasteiger partial charge >= 0.3 is 0 Å². The molecule has 1 aliphatic rings. The number of hydrogen-bond donors (Lipinski definition) is 1. The van der Waals surface area contributed by atoms with Crippen LogP contribution in [0.1, 0.15) is 25.7 Å². The molecule has 1 atom stereocenters. The molecule has 2 heteroatoms. The number of nitrogens with one attached hydrogen (secondary N) is 1. The minimum absolute atomic E-state index is 0.764. The second-order valence-electron chi connectivity index (χ2n) is 2.74. The molecule has 0 aromatic carbocycles. The normalized spacial score (nSPS) is 27.5. The van der Waals surface area contributed by atoms with Crippen LogP contribution in [-0.2, 0) is 0 Å². The van der Waals surface area contributed by atoms with Crippen molar-refractivity contribution in [2.24, 2.45) is 0 Å². The lowest BCUT2D eigenvalue weighted by molar-refractivity contribution is 0.404. The maximum Gasteiger partial charge on any atom is 0.0102 e. The van der Waals surface area contributed by atoms with Crippen molar-refractivity contribution in [1.29, 1.82) is 0 Å². The van der Waals surface area contributed by atoms with Crippen LogP contribution in [0.2, 0.25) is 0 Å². The first-order valence-electron chi connectivity index (χ1n) is 3.92. The number of halogens is 1. The summed E-state index contributed by atoms with van der Waals surface area (Å²) in [6.45, 7) is 1.22. The smallest absolute Gasteiger partial charge is 0.0102 e. The molecular weight excluding hydrogens is 237 g/mol. The van der Waals surface area contributed by atoms with Gasteiger partial charge in [-0.05, 0) is 29.9 Å². The Kier molecular flexibility index (Phi) is 4.37. The van der Waals surface area contributed by atoms with Crippen LogP contribution in [0.5, 0.6) is 0 Å². The van der Waals surface area contributed by atoms with Gasteiger partial charge in [-0.1, -0.05) is 35.1 Å². The molecule has 58 valence electrons. The van der Waals surface area contributed by atoms with E-state index >= 15 is 0 Å². The van der Waals surface area contributed by atoms with Gasteiger partial charge in [-0.3, -0.25) is 0 Å². The van der Waals surface area contributed by atoms with Crippen molar-refractivity contribution in [2.75, 3.05) is 6.54 Å². The number of piperidine rings is 1. The average molecular weight is 251 g/mol. The van der Waals surface area contributed by atoms with E-state index in [1.165, 1.54) is 32.2 Å². The van der Waals surface area contributed by atoms with Gasteiger partial charge in [-0.2, -0.15) is 0 Å². The molecule has 0 amide bonds. The van der Waals surface area contributed by atoms with E-state index in [1.807, 2.05) is 0 Å². The first kappa shape index (κ1) is 8.53. The lowest BCUT2D eigenvalue weighted by atomic mass is 10.0. The second-order valence-corrected chi connectivity index (χ2v) is 3.46. The molecule has 1 nitrogen and oxygen atoms in total. The third kappa shape index (κ3) is 3.01. The van der Waals surface area contributed by atoms with Crippen molar-refractivity contribution in [3.63, 3.8) is 0 Å². The molecule has 0 aromatic rings. The molecule has 1 N–H and O–H groups in total. The number of rotatable bonds is 2. The van der Waals surface area contributed by atoms with Crippen LogP contribution in [-0.4, -0.2) is 12.6 Å². The van der Waals surface area contributed by atoms with Gasteiger partial charge in [0.25, 0.3) is 0 Å². The molecule has 1 fully saturated rings. The molecule has 1 rings (SSSR count). The summed E-state index contributed by atoms with van der Waals surface area (Å²) in [4.78, 5) is 0. The Hall–Kier alpha value is 0.430. The molecule has 10 heavy (non-hydrogen) atoms. The minimum Gasteiger partial charge on any atom is -0.314 e. The number of hydrogen-bond acceptors (Lipinski definition) is 1. The van der Waals surface area contributed by atoms with Crippen molar-refractivity contribution in [3.05, 3.63) is 10.2 Å². The van der Waals surface area contributed by atoms with Crippen molar-refractivity contribution >= 4 is 22.6 Å². The van der Waals surface area contributed by atoms with E-state index in [1.54, 1.807) is 0 Å². The Morgan fingerprint density at radius 1 is 1.50 bits per heavy atom. The van der Waals surface area contributed by atoms with Gasteiger partial charge in [0.1, 0.15) is 0 Å². The quantitative estimate of drug-likeness (QED) is 0.743. The van der Waals surface area contributed by atoms with Gasteiger partial charge in [-0.15, -0.1) is 0 Å². The van der Waals surface area contributed by atoms with Crippen molar-refractivity contribution in [2.45, 2.75) is 31.7 Å². The Labute approximate surface area is 76.4 Å². The zero-order valence-electron chi connectivity index (χ0n) is 6.15. The second kappa shape index (κ2) is 5.13. The lowest BCUT2D eigenvalue weighted by Gasteiger charge is -2.21. The van der Waals surface area contributed by atoms with E-state index in [0.717, 1.165) is 6.04 Å². The molecule has 0 saturated carbocycles. The molecule has 1 heterocycles. The van der Waals surface area contributed by atoms with E-state index in [2.05, 4.69) is 38.1 Å². The third-order valence-electron chi connectivity index (χ3n) is 1.92. The van der Waals surface area contributed by atoms with Crippen LogP contribution in [0.4, 0.5) is 0 Å². The van der Waals surface area contributed by atoms with Gasteiger partial charge in [0.2, 0.25) is 0 Å². The van der Waals surface area contributed by atoms with Gasteiger partial charge in [0, 0.05) is 6.04 Å². The maximum absolute atomic E-state index is 3.50. The monoisotopic (exact) mass is 251 g/mol. The largest absolute Gasteiger partial charge is 0.314 e. The third-order valence-corrected chi connectivity index (χ3v) is 2.43. The summed E-state index contributed by atoms with van der Waals surface area (Å²) in [7, 11) is 0. The highest BCUT2D eigenvalue weighted by molar-refractivity contribution is 14.1. The van der Waals surface area contributed by atoms with E-state index in [9.17, 15) is 0 Å². The highest BCUT2D eigenvalue weighted by atomic mass is 127. The zero-order chi connectivity index (χ0) is 7.23. The van der Waals surface area contributed by atoms with Crippen molar-refractivity contribution in [3.8, 4) is 0 Å². The summed E-state index contributed by atoms with van der Waals surface area (Å²) in [5, 5.41) is 3.50. The first-order valence-corrected chi connectivity index (χ1v) is 5.16. The summed E-state index contributed by atoms with van der Waals surface area (Å²) in [6, 6.07) is 0.764. The Morgan fingerprint density at radius 3 is 3.00 bits per heavy atom. The highest BCUT2D eigenvalue weighted by Gasteiger charge is 2.09. The predicted octanol–water partition coefficient (Wildman–Crippen LogP) is 2.47. The Bertz CT molecular complexity index is 106. The van der Waals surface area contributed by atoms with E-state index in [0.29, 0.717) is 0 Å². The van der Waals surface area contributed by atoms with Gasteiger partial charge in [0.05, 0.1) is 0 Å². The Morgan fingerprint density at radius 2 is 2.40 bits per heavy atom. The van der Waals surface area contributed by atoms with Gasteiger partial charge in [-0.25, -0.2) is 0 Å². The highest BCUT2D eigenvalue weighted by Crippen LogP contribution is 2.10. The maximum atomic E-state index is 3.50. The summed E-state index contributed by atoms with van der Waals surface area (Å²) >= 11 is 2.28. The molecule has 0 aromatic heterocycles. The van der Waals surface area contributed by atoms with Crippen LogP contribution in [0.3, 0.4) is 0 Å². The summed E-state index contributed by atoms with van der Waals surface area (Å²) in [6.07, 6.45) is 7.59. The molecule has 0 radical (unpaired) electrons. The topological polar surface area (TPSA) is 12.0 Å². The zero-order valence-corrected chi connectivity index (χ0v) is 8.30. The molecule has 1 unspecified atom stereocenters. The first-order chi connectivity index (χ1) is 4.93. The summed E-state index contributed by atoms with van der Waals surface area (Å²) in [5.74, 6) is 0. The summed E-state index contributed by atoms with van der Waals surface area (Å²) in [5.41, 5.74) is 0. The molecule has 0 spiro atoms. The Balaban J connectivity index is 2.13. The van der Waals surface area contributed by atoms with Crippen LogP contribution in [0.25, 0.3) is 0 Å². The van der Waals surface area contributed by atoms with Crippen LogP contribution in [0, 0.1) is 0 Å². The average Bonchev–Trinajstić information content (AvgIpc) is 2.03. The van der Waals surface area contributed by atoms with Gasteiger partial charge in [0.15, 0.2) is 0 Å². The SMILES string of the molecule is I/C=C\CC1CCCCN1. The molecular formula is C8H14IN.